The highest BCUT2D eigenvalue weighted by Gasteiger charge is 2.15. The molecule has 1 atom stereocenters. The van der Waals surface area contributed by atoms with Crippen LogP contribution in [0.25, 0.3) is 0 Å². The van der Waals surface area contributed by atoms with Crippen LogP contribution in [0, 0.1) is 0 Å². The molecule has 1 fully saturated rings. The number of hydrogen-bond acceptors (Lipinski definition) is 4. The zero-order valence-corrected chi connectivity index (χ0v) is 9.95. The highest BCUT2D eigenvalue weighted by molar-refractivity contribution is 5.64. The topological polar surface area (TPSA) is 87.7 Å². The third-order valence-corrected chi connectivity index (χ3v) is 1.79. The molecule has 0 unspecified atom stereocenters. The first-order valence-corrected chi connectivity index (χ1v) is 5.17. The van der Waals surface area contributed by atoms with Gasteiger partial charge >= 0.3 is 6.09 Å². The van der Waals surface area contributed by atoms with Crippen molar-refractivity contribution >= 4 is 12.6 Å². The maximum atomic E-state index is 10.0. The van der Waals surface area contributed by atoms with E-state index in [4.69, 9.17) is 5.11 Å². The first kappa shape index (κ1) is 14.7. The van der Waals surface area contributed by atoms with E-state index in [0.717, 1.165) is 19.5 Å². The van der Waals surface area contributed by atoms with E-state index in [0.29, 0.717) is 6.47 Å². The molecule has 1 aliphatic heterocycles. The Morgan fingerprint density at radius 2 is 2.19 bits per heavy atom. The van der Waals surface area contributed by atoms with Crippen LogP contribution < -0.4 is 10.6 Å². The van der Waals surface area contributed by atoms with Crippen LogP contribution in [0.1, 0.15) is 27.2 Å². The third kappa shape index (κ3) is 9.26. The molecule has 94 valence electrons. The Kier molecular flexibility index (Phi) is 6.48. The largest absolute Gasteiger partial charge is 0.465 e. The Morgan fingerprint density at radius 3 is 2.44 bits per heavy atom. The van der Waals surface area contributed by atoms with Crippen LogP contribution in [0.5, 0.6) is 0 Å². The van der Waals surface area contributed by atoms with E-state index in [1.165, 1.54) is 0 Å². The normalized spacial score (nSPS) is 19.3. The summed E-state index contributed by atoms with van der Waals surface area (Å²) in [6.45, 7) is 7.61. The number of hydrogen-bond donors (Lipinski definition) is 3. The van der Waals surface area contributed by atoms with Gasteiger partial charge in [-0.2, -0.15) is 0 Å². The van der Waals surface area contributed by atoms with Crippen molar-refractivity contribution in [2.75, 3.05) is 13.1 Å². The van der Waals surface area contributed by atoms with Gasteiger partial charge < -0.3 is 20.5 Å². The molecule has 3 N–H and O–H groups in total. The van der Waals surface area contributed by atoms with E-state index in [1.54, 1.807) is 0 Å². The van der Waals surface area contributed by atoms with Crippen molar-refractivity contribution in [1.82, 2.24) is 10.6 Å². The second-order valence-electron chi connectivity index (χ2n) is 4.47. The summed E-state index contributed by atoms with van der Waals surface area (Å²) in [6, 6.07) is 0.127. The molecule has 0 aromatic heterocycles. The van der Waals surface area contributed by atoms with Gasteiger partial charge in [0.15, 0.2) is 0 Å². The number of amides is 1. The fraction of sp³-hybridized carbons (Fsp3) is 0.800. The minimum Gasteiger partial charge on any atom is -0.465 e. The van der Waals surface area contributed by atoms with Crippen LogP contribution in [-0.2, 0) is 9.53 Å². The molecule has 1 saturated heterocycles. The van der Waals surface area contributed by atoms with Gasteiger partial charge in [0.05, 0.1) is 0 Å². The fourth-order valence-electron chi connectivity index (χ4n) is 1.10. The zero-order chi connectivity index (χ0) is 12.6. The lowest BCUT2D eigenvalue weighted by atomic mass is 10.2. The van der Waals surface area contributed by atoms with E-state index in [-0.39, 0.29) is 11.6 Å². The van der Waals surface area contributed by atoms with Crippen molar-refractivity contribution in [3.63, 3.8) is 0 Å². The summed E-state index contributed by atoms with van der Waals surface area (Å²) in [5.41, 5.74) is -0.318. The van der Waals surface area contributed by atoms with Crippen molar-refractivity contribution < 1.29 is 19.4 Å². The zero-order valence-electron chi connectivity index (χ0n) is 9.95. The van der Waals surface area contributed by atoms with Crippen molar-refractivity contribution in [1.29, 1.82) is 0 Å². The lowest BCUT2D eigenvalue weighted by molar-refractivity contribution is -0.138. The average molecular weight is 232 g/mol. The van der Waals surface area contributed by atoms with E-state index in [9.17, 15) is 9.59 Å². The smallest absolute Gasteiger partial charge is 0.404 e. The highest BCUT2D eigenvalue weighted by atomic mass is 16.5. The first-order valence-electron chi connectivity index (χ1n) is 5.17. The molecule has 6 nitrogen and oxygen atoms in total. The van der Waals surface area contributed by atoms with Crippen molar-refractivity contribution in [3.05, 3.63) is 0 Å². The first-order chi connectivity index (χ1) is 7.35. The lowest BCUT2D eigenvalue weighted by Gasteiger charge is -2.14. The lowest BCUT2D eigenvalue weighted by Crippen LogP contribution is -2.34. The fourth-order valence-corrected chi connectivity index (χ4v) is 1.10. The van der Waals surface area contributed by atoms with E-state index in [1.807, 2.05) is 20.8 Å². The molecular formula is C10H20N2O4. The van der Waals surface area contributed by atoms with Gasteiger partial charge in [-0.1, -0.05) is 0 Å². The third-order valence-electron chi connectivity index (χ3n) is 1.79. The summed E-state index contributed by atoms with van der Waals surface area (Å²) < 4.78 is 4.55. The van der Waals surface area contributed by atoms with Gasteiger partial charge in [-0.3, -0.25) is 4.79 Å². The Balaban J connectivity index is 0.000000293. The number of carbonyl (C=O) groups is 2. The summed E-state index contributed by atoms with van der Waals surface area (Å²) in [5, 5.41) is 13.7. The number of ether oxygens (including phenoxy) is 1. The molecule has 0 saturated carbocycles. The van der Waals surface area contributed by atoms with Gasteiger partial charge in [-0.15, -0.1) is 0 Å². The number of rotatable bonds is 2. The average Bonchev–Trinajstić information content (AvgIpc) is 2.54. The summed E-state index contributed by atoms with van der Waals surface area (Å²) in [5.74, 6) is 0. The van der Waals surface area contributed by atoms with Gasteiger partial charge in [-0.25, -0.2) is 4.79 Å². The molecule has 1 heterocycles. The minimum atomic E-state index is -0.927. The predicted molar refractivity (Wildman–Crippen MR) is 59.3 cm³/mol. The second-order valence-corrected chi connectivity index (χ2v) is 4.47. The molecular weight excluding hydrogens is 212 g/mol. The Labute approximate surface area is 95.4 Å². The second kappa shape index (κ2) is 7.05. The molecule has 6 heteroatoms. The summed E-state index contributed by atoms with van der Waals surface area (Å²) in [4.78, 5) is 19.6. The molecule has 1 amide bonds. The molecule has 0 aliphatic carbocycles. The van der Waals surface area contributed by atoms with Crippen LogP contribution in [0.4, 0.5) is 4.79 Å². The van der Waals surface area contributed by atoms with Crippen LogP contribution in [0.15, 0.2) is 0 Å². The van der Waals surface area contributed by atoms with E-state index in [2.05, 4.69) is 15.4 Å². The quantitative estimate of drug-likeness (QED) is 0.606. The van der Waals surface area contributed by atoms with Crippen LogP contribution >= 0.6 is 0 Å². The molecule has 0 bridgehead atoms. The van der Waals surface area contributed by atoms with Gasteiger partial charge in [0.25, 0.3) is 6.47 Å². The van der Waals surface area contributed by atoms with Crippen LogP contribution in [-0.4, -0.2) is 42.4 Å². The minimum absolute atomic E-state index is 0.127. The Hall–Kier alpha value is -1.30. The van der Waals surface area contributed by atoms with Gasteiger partial charge in [-0.05, 0) is 33.7 Å². The van der Waals surface area contributed by atoms with Gasteiger partial charge in [0, 0.05) is 12.6 Å². The van der Waals surface area contributed by atoms with Crippen LogP contribution in [0.2, 0.25) is 0 Å². The van der Waals surface area contributed by atoms with E-state index < -0.39 is 6.09 Å². The Morgan fingerprint density at radius 1 is 1.56 bits per heavy atom. The molecule has 0 aromatic carbocycles. The summed E-state index contributed by atoms with van der Waals surface area (Å²) in [7, 11) is 0. The van der Waals surface area contributed by atoms with Gasteiger partial charge in [0.1, 0.15) is 5.60 Å². The molecule has 1 aliphatic rings. The van der Waals surface area contributed by atoms with Crippen molar-refractivity contribution in [3.8, 4) is 0 Å². The van der Waals surface area contributed by atoms with E-state index >= 15 is 0 Å². The number of carbonyl (C=O) groups excluding carboxylic acids is 1. The maximum Gasteiger partial charge on any atom is 0.404 e. The molecule has 16 heavy (non-hydrogen) atoms. The standard InChI is InChI=1S/C5H10N2O2.C5H10O2/c8-5(9)7-4-1-2-6-3-4;1-5(2,3)7-4-6/h4,6-7H,1-3H2,(H,8,9);4H,1-3H3/t4-;/m1./s1. The predicted octanol–water partition coefficient (Wildman–Crippen LogP) is 0.574. The maximum absolute atomic E-state index is 10.0. The number of nitrogens with one attached hydrogen (secondary N) is 2. The highest BCUT2D eigenvalue weighted by Crippen LogP contribution is 2.02. The van der Waals surface area contributed by atoms with Crippen LogP contribution in [0.3, 0.4) is 0 Å². The molecule has 0 spiro atoms. The Bertz CT molecular complexity index is 219. The SMILES string of the molecule is CC(C)(C)OC=O.O=C(O)N[C@@H]1CCNC1. The molecule has 0 radical (unpaired) electrons. The monoisotopic (exact) mass is 232 g/mol. The van der Waals surface area contributed by atoms with Crippen molar-refractivity contribution in [2.24, 2.45) is 0 Å². The molecule has 0 aromatic rings. The number of carboxylic acid groups (broad SMARTS) is 1. The van der Waals surface area contributed by atoms with Gasteiger partial charge in [0.2, 0.25) is 0 Å². The van der Waals surface area contributed by atoms with Crippen molar-refractivity contribution in [2.45, 2.75) is 38.8 Å². The molecule has 1 rings (SSSR count). The summed E-state index contributed by atoms with van der Waals surface area (Å²) >= 11 is 0. The summed E-state index contributed by atoms with van der Waals surface area (Å²) in [6.07, 6.45) is -0.0181.